The molecule has 1 aliphatic rings. The van der Waals surface area contributed by atoms with Crippen LogP contribution in [0.4, 0.5) is 0 Å². The van der Waals surface area contributed by atoms with E-state index in [-0.39, 0.29) is 5.60 Å². The Morgan fingerprint density at radius 3 is 2.24 bits per heavy atom. The van der Waals surface area contributed by atoms with Crippen LogP contribution in [0.5, 0.6) is 0 Å². The fraction of sp³-hybridized carbons (Fsp3) is 1.00. The number of hydrogen-bond donors (Lipinski definition) is 1. The Morgan fingerprint density at radius 1 is 1.00 bits per heavy atom. The van der Waals surface area contributed by atoms with Gasteiger partial charge in [0.25, 0.3) is 0 Å². The molecule has 0 aliphatic heterocycles. The third-order valence-electron chi connectivity index (χ3n) is 3.99. The molecule has 0 aromatic rings. The molecule has 2 nitrogen and oxygen atoms in total. The molecule has 0 aromatic heterocycles. The maximum atomic E-state index is 10.3. The molecule has 0 aromatic carbocycles. The summed E-state index contributed by atoms with van der Waals surface area (Å²) in [5.41, 5.74) is -0.364. The molecule has 102 valence electrons. The molecule has 0 radical (unpaired) electrons. The Morgan fingerprint density at radius 2 is 1.59 bits per heavy atom. The van der Waals surface area contributed by atoms with Crippen LogP contribution in [-0.2, 0) is 0 Å². The molecule has 0 unspecified atom stereocenters. The van der Waals surface area contributed by atoms with Crippen molar-refractivity contribution in [2.75, 3.05) is 20.1 Å². The Labute approximate surface area is 107 Å². The van der Waals surface area contributed by atoms with Gasteiger partial charge in [-0.3, -0.25) is 0 Å². The van der Waals surface area contributed by atoms with Crippen LogP contribution in [-0.4, -0.2) is 35.7 Å². The van der Waals surface area contributed by atoms with Gasteiger partial charge in [0.2, 0.25) is 0 Å². The van der Waals surface area contributed by atoms with Gasteiger partial charge < -0.3 is 10.0 Å². The lowest BCUT2D eigenvalue weighted by molar-refractivity contribution is 0.0161. The topological polar surface area (TPSA) is 23.5 Å². The first kappa shape index (κ1) is 15.0. The number of rotatable bonds is 9. The van der Waals surface area contributed by atoms with Gasteiger partial charge in [0, 0.05) is 6.54 Å². The molecule has 1 saturated carbocycles. The molecule has 0 spiro atoms. The fourth-order valence-electron chi connectivity index (χ4n) is 2.93. The van der Waals surface area contributed by atoms with E-state index in [9.17, 15) is 5.11 Å². The largest absolute Gasteiger partial charge is 0.389 e. The second-order valence-corrected chi connectivity index (χ2v) is 5.94. The molecule has 0 bridgehead atoms. The minimum absolute atomic E-state index is 0.364. The van der Waals surface area contributed by atoms with Gasteiger partial charge in [-0.15, -0.1) is 0 Å². The summed E-state index contributed by atoms with van der Waals surface area (Å²) in [6, 6.07) is 0. The average molecular weight is 241 g/mol. The van der Waals surface area contributed by atoms with E-state index >= 15 is 0 Å². The van der Waals surface area contributed by atoms with Gasteiger partial charge in [0.15, 0.2) is 0 Å². The highest BCUT2D eigenvalue weighted by atomic mass is 16.3. The zero-order valence-corrected chi connectivity index (χ0v) is 11.9. The number of aliphatic hydroxyl groups is 1. The van der Waals surface area contributed by atoms with E-state index in [2.05, 4.69) is 18.9 Å². The number of nitrogens with zero attached hydrogens (tertiary/aromatic N) is 1. The lowest BCUT2D eigenvalue weighted by Crippen LogP contribution is -2.39. The summed E-state index contributed by atoms with van der Waals surface area (Å²) in [7, 11) is 2.16. The van der Waals surface area contributed by atoms with E-state index in [1.165, 1.54) is 51.4 Å². The van der Waals surface area contributed by atoms with Crippen LogP contribution in [0.2, 0.25) is 0 Å². The van der Waals surface area contributed by atoms with Gasteiger partial charge >= 0.3 is 0 Å². The summed E-state index contributed by atoms with van der Waals surface area (Å²) in [6.45, 7) is 4.28. The van der Waals surface area contributed by atoms with Crippen LogP contribution in [0.25, 0.3) is 0 Å². The first-order valence-electron chi connectivity index (χ1n) is 7.57. The van der Waals surface area contributed by atoms with Crippen molar-refractivity contribution < 1.29 is 5.11 Å². The predicted molar refractivity (Wildman–Crippen MR) is 74.3 cm³/mol. The van der Waals surface area contributed by atoms with Gasteiger partial charge in [-0.1, -0.05) is 51.9 Å². The highest BCUT2D eigenvalue weighted by Gasteiger charge is 2.31. The molecular formula is C15H31NO. The van der Waals surface area contributed by atoms with Crippen LogP contribution in [0.1, 0.15) is 71.1 Å². The van der Waals surface area contributed by atoms with Crippen molar-refractivity contribution in [1.82, 2.24) is 4.90 Å². The van der Waals surface area contributed by atoms with Crippen molar-refractivity contribution in [2.45, 2.75) is 76.7 Å². The average Bonchev–Trinajstić information content (AvgIpc) is 2.70. The van der Waals surface area contributed by atoms with E-state index in [1.807, 2.05) is 0 Å². The van der Waals surface area contributed by atoms with E-state index in [0.29, 0.717) is 0 Å². The van der Waals surface area contributed by atoms with Crippen molar-refractivity contribution >= 4 is 0 Å². The Kier molecular flexibility index (Phi) is 7.14. The summed E-state index contributed by atoms with van der Waals surface area (Å²) in [4.78, 5) is 2.32. The number of unbranched alkanes of at least 4 members (excludes halogenated alkanes) is 5. The molecular weight excluding hydrogens is 210 g/mol. The molecule has 1 rings (SSSR count). The Balaban J connectivity index is 1.99. The van der Waals surface area contributed by atoms with Crippen molar-refractivity contribution in [1.29, 1.82) is 0 Å². The molecule has 2 heteroatoms. The van der Waals surface area contributed by atoms with Gasteiger partial charge in [0.05, 0.1) is 5.60 Å². The van der Waals surface area contributed by atoms with Crippen LogP contribution >= 0.6 is 0 Å². The van der Waals surface area contributed by atoms with E-state index in [1.54, 1.807) is 0 Å². The fourth-order valence-corrected chi connectivity index (χ4v) is 2.93. The summed E-state index contributed by atoms with van der Waals surface area (Å²) in [5.74, 6) is 0. The third kappa shape index (κ3) is 6.42. The van der Waals surface area contributed by atoms with Gasteiger partial charge in [-0.25, -0.2) is 0 Å². The maximum absolute atomic E-state index is 10.3. The summed E-state index contributed by atoms with van der Waals surface area (Å²) in [6.07, 6.45) is 12.6. The molecule has 1 N–H and O–H groups in total. The molecule has 0 atom stereocenters. The highest BCUT2D eigenvalue weighted by molar-refractivity contribution is 4.86. The molecule has 17 heavy (non-hydrogen) atoms. The van der Waals surface area contributed by atoms with Gasteiger partial charge in [0.1, 0.15) is 0 Å². The summed E-state index contributed by atoms with van der Waals surface area (Å²) in [5, 5.41) is 10.3. The quantitative estimate of drug-likeness (QED) is 0.624. The van der Waals surface area contributed by atoms with Crippen LogP contribution in [0.3, 0.4) is 0 Å². The van der Waals surface area contributed by atoms with Crippen molar-refractivity contribution in [3.63, 3.8) is 0 Å². The monoisotopic (exact) mass is 241 g/mol. The van der Waals surface area contributed by atoms with Crippen molar-refractivity contribution in [3.8, 4) is 0 Å². The highest BCUT2D eigenvalue weighted by Crippen LogP contribution is 2.29. The molecule has 0 amide bonds. The number of hydrogen-bond acceptors (Lipinski definition) is 2. The first-order chi connectivity index (χ1) is 8.16. The van der Waals surface area contributed by atoms with Crippen LogP contribution in [0, 0.1) is 0 Å². The lowest BCUT2D eigenvalue weighted by atomic mass is 10.0. The Hall–Kier alpha value is -0.0800. The normalized spacial score (nSPS) is 19.1. The molecule has 0 saturated heterocycles. The Bertz CT molecular complexity index is 187. The third-order valence-corrected chi connectivity index (χ3v) is 3.99. The first-order valence-corrected chi connectivity index (χ1v) is 7.57. The van der Waals surface area contributed by atoms with E-state index in [4.69, 9.17) is 0 Å². The standard InChI is InChI=1S/C15H31NO/c1-3-4-5-6-7-10-13-16(2)14-15(17)11-8-9-12-15/h17H,3-14H2,1-2H3. The SMILES string of the molecule is CCCCCCCCN(C)CC1(O)CCCC1. The summed E-state index contributed by atoms with van der Waals surface area (Å²) >= 11 is 0. The second kappa shape index (κ2) is 8.10. The zero-order valence-electron chi connectivity index (χ0n) is 11.9. The molecule has 1 fully saturated rings. The minimum atomic E-state index is -0.364. The maximum Gasteiger partial charge on any atom is 0.0774 e. The van der Waals surface area contributed by atoms with Gasteiger partial charge in [-0.05, 0) is 32.9 Å². The van der Waals surface area contributed by atoms with Crippen molar-refractivity contribution in [3.05, 3.63) is 0 Å². The smallest absolute Gasteiger partial charge is 0.0774 e. The molecule has 0 heterocycles. The second-order valence-electron chi connectivity index (χ2n) is 5.94. The van der Waals surface area contributed by atoms with Crippen molar-refractivity contribution in [2.24, 2.45) is 0 Å². The summed E-state index contributed by atoms with van der Waals surface area (Å²) < 4.78 is 0. The number of likely N-dealkylation sites (N-methyl/N-ethyl adjacent to an activating group) is 1. The van der Waals surface area contributed by atoms with E-state index < -0.39 is 0 Å². The van der Waals surface area contributed by atoms with Crippen LogP contribution in [0.15, 0.2) is 0 Å². The van der Waals surface area contributed by atoms with E-state index in [0.717, 1.165) is 25.9 Å². The lowest BCUT2D eigenvalue weighted by Gasteiger charge is -2.28. The predicted octanol–water partition coefficient (Wildman–Crippen LogP) is 3.58. The zero-order chi connectivity index (χ0) is 12.6. The van der Waals surface area contributed by atoms with Gasteiger partial charge in [-0.2, -0.15) is 0 Å². The molecule has 1 aliphatic carbocycles. The minimum Gasteiger partial charge on any atom is -0.389 e. The van der Waals surface area contributed by atoms with Crippen LogP contribution < -0.4 is 0 Å².